The van der Waals surface area contributed by atoms with Gasteiger partial charge < -0.3 is 15.2 Å². The summed E-state index contributed by atoms with van der Waals surface area (Å²) < 4.78 is 5.03. The lowest BCUT2D eigenvalue weighted by molar-refractivity contribution is 0.0770. The molecule has 1 aromatic rings. The maximum absolute atomic E-state index is 9.70. The minimum Gasteiger partial charge on any atom is -0.389 e. The number of nitrogens with one attached hydrogen (secondary N) is 1. The molecule has 0 radical (unpaired) electrons. The van der Waals surface area contributed by atoms with E-state index < -0.39 is 5.60 Å². The molecule has 0 saturated heterocycles. The van der Waals surface area contributed by atoms with Gasteiger partial charge in [0.25, 0.3) is 0 Å². The topological polar surface area (TPSA) is 41.5 Å². The fourth-order valence-corrected chi connectivity index (χ4v) is 2.43. The van der Waals surface area contributed by atoms with Crippen molar-refractivity contribution in [1.82, 2.24) is 5.32 Å². The molecule has 0 aliphatic rings. The van der Waals surface area contributed by atoms with Crippen molar-refractivity contribution in [3.05, 3.63) is 29.8 Å². The van der Waals surface area contributed by atoms with E-state index in [4.69, 9.17) is 4.74 Å². The number of rotatable bonds is 8. The lowest BCUT2D eigenvalue weighted by atomic mass is 10.1. The summed E-state index contributed by atoms with van der Waals surface area (Å²) in [5, 5.41) is 13.0. The molecule has 1 rings (SSSR count). The van der Waals surface area contributed by atoms with Gasteiger partial charge in [-0.25, -0.2) is 0 Å². The SMILES string of the molecule is COCCSc1ccc(C(C)NCC(C)(C)O)cc1. The highest BCUT2D eigenvalue weighted by Crippen LogP contribution is 2.21. The van der Waals surface area contributed by atoms with Crippen molar-refractivity contribution in [2.45, 2.75) is 37.3 Å². The van der Waals surface area contributed by atoms with Crippen molar-refractivity contribution in [3.63, 3.8) is 0 Å². The lowest BCUT2D eigenvalue weighted by Crippen LogP contribution is -2.36. The molecule has 0 aliphatic carbocycles. The Morgan fingerprint density at radius 2 is 1.95 bits per heavy atom. The van der Waals surface area contributed by atoms with Crippen LogP contribution in [-0.2, 0) is 4.74 Å². The zero-order chi connectivity index (χ0) is 14.3. The highest BCUT2D eigenvalue weighted by molar-refractivity contribution is 7.99. The number of hydrogen-bond acceptors (Lipinski definition) is 4. The van der Waals surface area contributed by atoms with E-state index in [9.17, 15) is 5.11 Å². The van der Waals surface area contributed by atoms with Gasteiger partial charge in [0.05, 0.1) is 12.2 Å². The van der Waals surface area contributed by atoms with E-state index in [0.717, 1.165) is 12.4 Å². The van der Waals surface area contributed by atoms with Gasteiger partial charge in [-0.2, -0.15) is 0 Å². The molecule has 19 heavy (non-hydrogen) atoms. The Bertz CT molecular complexity index is 359. The van der Waals surface area contributed by atoms with Crippen LogP contribution in [0.2, 0.25) is 0 Å². The van der Waals surface area contributed by atoms with Gasteiger partial charge in [0.15, 0.2) is 0 Å². The van der Waals surface area contributed by atoms with Crippen molar-refractivity contribution in [1.29, 1.82) is 0 Å². The number of benzene rings is 1. The van der Waals surface area contributed by atoms with Crippen LogP contribution in [0, 0.1) is 0 Å². The Morgan fingerprint density at radius 3 is 2.47 bits per heavy atom. The first kappa shape index (κ1) is 16.5. The molecule has 3 nitrogen and oxygen atoms in total. The quantitative estimate of drug-likeness (QED) is 0.568. The monoisotopic (exact) mass is 283 g/mol. The van der Waals surface area contributed by atoms with Crippen LogP contribution >= 0.6 is 11.8 Å². The molecular weight excluding hydrogens is 258 g/mol. The van der Waals surface area contributed by atoms with Crippen molar-refractivity contribution < 1.29 is 9.84 Å². The lowest BCUT2D eigenvalue weighted by Gasteiger charge is -2.22. The van der Waals surface area contributed by atoms with Crippen molar-refractivity contribution >= 4 is 11.8 Å². The highest BCUT2D eigenvalue weighted by atomic mass is 32.2. The van der Waals surface area contributed by atoms with E-state index in [0.29, 0.717) is 6.54 Å². The molecule has 0 aliphatic heterocycles. The van der Waals surface area contributed by atoms with Crippen molar-refractivity contribution in [2.24, 2.45) is 0 Å². The van der Waals surface area contributed by atoms with Crippen LogP contribution < -0.4 is 5.32 Å². The number of methoxy groups -OCH3 is 1. The van der Waals surface area contributed by atoms with E-state index >= 15 is 0 Å². The van der Waals surface area contributed by atoms with Gasteiger partial charge >= 0.3 is 0 Å². The van der Waals surface area contributed by atoms with Crippen molar-refractivity contribution in [3.8, 4) is 0 Å². The van der Waals surface area contributed by atoms with Gasteiger partial charge in [-0.3, -0.25) is 0 Å². The Labute approximate surface area is 120 Å². The van der Waals surface area contributed by atoms with Crippen LogP contribution in [0.1, 0.15) is 32.4 Å². The largest absolute Gasteiger partial charge is 0.389 e. The molecule has 1 atom stereocenters. The Kier molecular flexibility index (Phi) is 6.86. The van der Waals surface area contributed by atoms with Crippen LogP contribution in [-0.4, -0.2) is 36.7 Å². The fourth-order valence-electron chi connectivity index (χ4n) is 1.62. The first-order valence-electron chi connectivity index (χ1n) is 6.60. The second-order valence-electron chi connectivity index (χ2n) is 5.33. The third kappa shape index (κ3) is 6.97. The standard InChI is InChI=1S/C15H25NO2S/c1-12(16-11-15(2,3)17)13-5-7-14(8-6-13)19-10-9-18-4/h5-8,12,16-17H,9-11H2,1-4H3. The van der Waals surface area contributed by atoms with Crippen LogP contribution in [0.25, 0.3) is 0 Å². The van der Waals surface area contributed by atoms with E-state index in [2.05, 4.69) is 36.5 Å². The van der Waals surface area contributed by atoms with Gasteiger partial charge in [0, 0.05) is 30.3 Å². The molecule has 0 amide bonds. The summed E-state index contributed by atoms with van der Waals surface area (Å²) in [5.74, 6) is 0.975. The molecule has 2 N–H and O–H groups in total. The summed E-state index contributed by atoms with van der Waals surface area (Å²) in [6.07, 6.45) is 0. The average molecular weight is 283 g/mol. The van der Waals surface area contributed by atoms with Crippen molar-refractivity contribution in [2.75, 3.05) is 26.0 Å². The molecule has 0 heterocycles. The highest BCUT2D eigenvalue weighted by Gasteiger charge is 2.14. The summed E-state index contributed by atoms with van der Waals surface area (Å²) in [5.41, 5.74) is 0.560. The maximum Gasteiger partial charge on any atom is 0.0715 e. The maximum atomic E-state index is 9.70. The third-order valence-electron chi connectivity index (χ3n) is 2.78. The van der Waals surface area contributed by atoms with E-state index in [1.54, 1.807) is 18.9 Å². The molecule has 1 aromatic carbocycles. The second kappa shape index (κ2) is 7.90. The number of ether oxygens (including phenoxy) is 1. The van der Waals surface area contributed by atoms with Gasteiger partial charge in [0.2, 0.25) is 0 Å². The fraction of sp³-hybridized carbons (Fsp3) is 0.600. The van der Waals surface area contributed by atoms with Gasteiger partial charge in [0.1, 0.15) is 0 Å². The minimum atomic E-state index is -0.676. The summed E-state index contributed by atoms with van der Waals surface area (Å²) in [6.45, 7) is 7.08. The molecule has 0 spiro atoms. The number of aliphatic hydroxyl groups is 1. The van der Waals surface area contributed by atoms with E-state index in [1.807, 2.05) is 13.8 Å². The smallest absolute Gasteiger partial charge is 0.0715 e. The van der Waals surface area contributed by atoms with Crippen LogP contribution in [0.15, 0.2) is 29.2 Å². The average Bonchev–Trinajstić information content (AvgIpc) is 2.36. The first-order chi connectivity index (χ1) is 8.92. The Balaban J connectivity index is 2.46. The van der Waals surface area contributed by atoms with E-state index in [1.165, 1.54) is 10.5 Å². The summed E-state index contributed by atoms with van der Waals surface area (Å²) in [4.78, 5) is 1.26. The molecule has 1 unspecified atom stereocenters. The molecule has 0 saturated carbocycles. The zero-order valence-corrected chi connectivity index (χ0v) is 13.1. The zero-order valence-electron chi connectivity index (χ0n) is 12.3. The molecule has 0 aromatic heterocycles. The minimum absolute atomic E-state index is 0.240. The summed E-state index contributed by atoms with van der Waals surface area (Å²) in [6, 6.07) is 8.79. The predicted molar refractivity (Wildman–Crippen MR) is 81.8 cm³/mol. The second-order valence-corrected chi connectivity index (χ2v) is 6.49. The van der Waals surface area contributed by atoms with Gasteiger partial charge in [-0.15, -0.1) is 11.8 Å². The summed E-state index contributed by atoms with van der Waals surface area (Å²) in [7, 11) is 1.72. The van der Waals surface area contributed by atoms with Crippen LogP contribution in [0.5, 0.6) is 0 Å². The normalized spacial score (nSPS) is 13.5. The molecule has 4 heteroatoms. The number of hydrogen-bond donors (Lipinski definition) is 2. The molecule has 0 bridgehead atoms. The Morgan fingerprint density at radius 1 is 1.32 bits per heavy atom. The third-order valence-corrected chi connectivity index (χ3v) is 3.75. The Hall–Kier alpha value is -0.550. The number of thioether (sulfide) groups is 1. The predicted octanol–water partition coefficient (Wildman–Crippen LogP) is 2.85. The van der Waals surface area contributed by atoms with Crippen LogP contribution in [0.4, 0.5) is 0 Å². The molecule has 0 fully saturated rings. The van der Waals surface area contributed by atoms with Crippen LogP contribution in [0.3, 0.4) is 0 Å². The summed E-state index contributed by atoms with van der Waals surface area (Å²) >= 11 is 1.80. The molecular formula is C15H25NO2S. The molecule has 108 valence electrons. The van der Waals surface area contributed by atoms with E-state index in [-0.39, 0.29) is 6.04 Å². The van der Waals surface area contributed by atoms with Gasteiger partial charge in [-0.05, 0) is 38.5 Å². The first-order valence-corrected chi connectivity index (χ1v) is 7.58. The van der Waals surface area contributed by atoms with Gasteiger partial charge in [-0.1, -0.05) is 12.1 Å².